The summed E-state index contributed by atoms with van der Waals surface area (Å²) in [5.74, 6) is 0.516. The monoisotopic (exact) mass is 351 g/mol. The first-order valence-corrected chi connectivity index (χ1v) is 8.61. The van der Waals surface area contributed by atoms with E-state index in [1.165, 1.54) is 6.07 Å². The standard InChI is InChI=1S/C20H21N3O3/c1-14-10-18(12-19(24)22(14)2)26-17-6-8-23(9-7-17)20(25)16-5-3-4-15(11-16)13-21/h3-5,10-12,17H,6-9H2,1-2H3. The lowest BCUT2D eigenvalue weighted by molar-refractivity contribution is 0.0595. The molecule has 1 aliphatic rings. The van der Waals surface area contributed by atoms with Crippen LogP contribution in [0.5, 0.6) is 5.75 Å². The van der Waals surface area contributed by atoms with Crippen LogP contribution in [-0.2, 0) is 7.05 Å². The Morgan fingerprint density at radius 3 is 2.62 bits per heavy atom. The van der Waals surface area contributed by atoms with Gasteiger partial charge in [0.2, 0.25) is 0 Å². The molecular formula is C20H21N3O3. The first-order valence-electron chi connectivity index (χ1n) is 8.61. The molecule has 134 valence electrons. The summed E-state index contributed by atoms with van der Waals surface area (Å²) >= 11 is 0. The number of aryl methyl sites for hydroxylation is 1. The van der Waals surface area contributed by atoms with E-state index in [-0.39, 0.29) is 17.6 Å². The molecule has 1 aromatic heterocycles. The van der Waals surface area contributed by atoms with E-state index in [1.807, 2.05) is 13.0 Å². The van der Waals surface area contributed by atoms with E-state index in [9.17, 15) is 9.59 Å². The summed E-state index contributed by atoms with van der Waals surface area (Å²) in [6, 6.07) is 12.2. The van der Waals surface area contributed by atoms with Gasteiger partial charge in [0.25, 0.3) is 11.5 Å². The van der Waals surface area contributed by atoms with Crippen molar-refractivity contribution in [2.24, 2.45) is 7.05 Å². The molecule has 0 saturated carbocycles. The number of hydrogen-bond acceptors (Lipinski definition) is 4. The Morgan fingerprint density at radius 1 is 1.23 bits per heavy atom. The van der Waals surface area contributed by atoms with Crippen LogP contribution in [0.1, 0.15) is 34.5 Å². The number of pyridine rings is 1. The van der Waals surface area contributed by atoms with Crippen LogP contribution < -0.4 is 10.3 Å². The summed E-state index contributed by atoms with van der Waals surface area (Å²) in [6.07, 6.45) is 1.39. The smallest absolute Gasteiger partial charge is 0.254 e. The minimum atomic E-state index is -0.0926. The number of amides is 1. The molecule has 0 radical (unpaired) electrons. The van der Waals surface area contributed by atoms with Crippen LogP contribution in [0.3, 0.4) is 0 Å². The van der Waals surface area contributed by atoms with Crippen molar-refractivity contribution >= 4 is 5.91 Å². The van der Waals surface area contributed by atoms with E-state index in [2.05, 4.69) is 6.07 Å². The molecule has 2 aromatic rings. The van der Waals surface area contributed by atoms with Gasteiger partial charge >= 0.3 is 0 Å². The van der Waals surface area contributed by atoms with Crippen LogP contribution in [0, 0.1) is 18.3 Å². The van der Waals surface area contributed by atoms with E-state index in [1.54, 1.807) is 40.8 Å². The van der Waals surface area contributed by atoms with Crippen LogP contribution in [0.15, 0.2) is 41.2 Å². The van der Waals surface area contributed by atoms with Crippen molar-refractivity contribution in [1.29, 1.82) is 5.26 Å². The van der Waals surface area contributed by atoms with Gasteiger partial charge in [-0.05, 0) is 31.2 Å². The lowest BCUT2D eigenvalue weighted by atomic mass is 10.1. The van der Waals surface area contributed by atoms with Gasteiger partial charge in [0.05, 0.1) is 11.6 Å². The van der Waals surface area contributed by atoms with E-state index >= 15 is 0 Å². The molecule has 0 N–H and O–H groups in total. The highest BCUT2D eigenvalue weighted by Gasteiger charge is 2.25. The molecular weight excluding hydrogens is 330 g/mol. The Labute approximate surface area is 152 Å². The summed E-state index contributed by atoms with van der Waals surface area (Å²) in [7, 11) is 1.73. The molecule has 2 heterocycles. The fraction of sp³-hybridized carbons (Fsp3) is 0.350. The quantitative estimate of drug-likeness (QED) is 0.850. The first kappa shape index (κ1) is 17.7. The molecule has 0 bridgehead atoms. The van der Waals surface area contributed by atoms with Gasteiger partial charge in [-0.1, -0.05) is 6.07 Å². The van der Waals surface area contributed by atoms with Gasteiger partial charge in [0.1, 0.15) is 11.9 Å². The highest BCUT2D eigenvalue weighted by molar-refractivity contribution is 5.94. The lowest BCUT2D eigenvalue weighted by Gasteiger charge is -2.32. The average Bonchev–Trinajstić information content (AvgIpc) is 2.66. The second-order valence-corrected chi connectivity index (χ2v) is 6.53. The zero-order valence-corrected chi connectivity index (χ0v) is 14.9. The summed E-state index contributed by atoms with van der Waals surface area (Å²) in [4.78, 5) is 26.2. The number of carbonyl (C=O) groups excluding carboxylic acids is 1. The van der Waals surface area contributed by atoms with Gasteiger partial charge in [-0.15, -0.1) is 0 Å². The molecule has 0 unspecified atom stereocenters. The van der Waals surface area contributed by atoms with Gasteiger partial charge in [0.15, 0.2) is 0 Å². The number of hydrogen-bond donors (Lipinski definition) is 0. The molecule has 0 atom stereocenters. The fourth-order valence-corrected chi connectivity index (χ4v) is 3.08. The maximum absolute atomic E-state index is 12.6. The zero-order valence-electron chi connectivity index (χ0n) is 14.9. The summed E-state index contributed by atoms with van der Waals surface area (Å²) in [6.45, 7) is 3.04. The second kappa shape index (κ2) is 7.44. The second-order valence-electron chi connectivity index (χ2n) is 6.53. The summed E-state index contributed by atoms with van der Waals surface area (Å²) in [5, 5.41) is 8.97. The third-order valence-electron chi connectivity index (χ3n) is 4.75. The van der Waals surface area contributed by atoms with Crippen molar-refractivity contribution in [3.63, 3.8) is 0 Å². The maximum Gasteiger partial charge on any atom is 0.254 e. The normalized spacial score (nSPS) is 14.7. The zero-order chi connectivity index (χ0) is 18.7. The van der Waals surface area contributed by atoms with Gasteiger partial charge in [0, 0.05) is 50.3 Å². The number of rotatable bonds is 3. The van der Waals surface area contributed by atoms with E-state index < -0.39 is 0 Å². The molecule has 6 heteroatoms. The summed E-state index contributed by atoms with van der Waals surface area (Å²) < 4.78 is 7.52. The van der Waals surface area contributed by atoms with Gasteiger partial charge in [-0.2, -0.15) is 5.26 Å². The molecule has 1 aliphatic heterocycles. The minimum absolute atomic E-state index is 0.0176. The number of ether oxygens (including phenoxy) is 1. The number of nitriles is 1. The number of piperidine rings is 1. The van der Waals surface area contributed by atoms with Crippen molar-refractivity contribution in [3.05, 3.63) is 63.6 Å². The largest absolute Gasteiger partial charge is 0.490 e. The number of likely N-dealkylation sites (tertiary alicyclic amines) is 1. The molecule has 0 aliphatic carbocycles. The maximum atomic E-state index is 12.6. The van der Waals surface area contributed by atoms with Crippen LogP contribution in [0.2, 0.25) is 0 Å². The van der Waals surface area contributed by atoms with E-state index in [0.717, 1.165) is 5.69 Å². The molecule has 1 fully saturated rings. The van der Waals surface area contributed by atoms with Crippen LogP contribution >= 0.6 is 0 Å². The molecule has 26 heavy (non-hydrogen) atoms. The number of nitrogens with zero attached hydrogens (tertiary/aromatic N) is 3. The van der Waals surface area contributed by atoms with E-state index in [4.69, 9.17) is 10.00 Å². The van der Waals surface area contributed by atoms with Crippen molar-refractivity contribution < 1.29 is 9.53 Å². The lowest BCUT2D eigenvalue weighted by Crippen LogP contribution is -2.41. The number of carbonyl (C=O) groups is 1. The van der Waals surface area contributed by atoms with Crippen molar-refractivity contribution in [1.82, 2.24) is 9.47 Å². The Morgan fingerprint density at radius 2 is 1.96 bits per heavy atom. The topological polar surface area (TPSA) is 75.3 Å². The van der Waals surface area contributed by atoms with Crippen LogP contribution in [-0.4, -0.2) is 34.6 Å². The van der Waals surface area contributed by atoms with E-state index in [0.29, 0.717) is 42.8 Å². The Kier molecular flexibility index (Phi) is 5.08. The number of benzene rings is 1. The highest BCUT2D eigenvalue weighted by Crippen LogP contribution is 2.20. The fourth-order valence-electron chi connectivity index (χ4n) is 3.08. The Balaban J connectivity index is 1.61. The van der Waals surface area contributed by atoms with Gasteiger partial charge < -0.3 is 14.2 Å². The average molecular weight is 351 g/mol. The highest BCUT2D eigenvalue weighted by atomic mass is 16.5. The summed E-state index contributed by atoms with van der Waals surface area (Å²) in [5.41, 5.74) is 1.77. The van der Waals surface area contributed by atoms with Crippen LogP contribution in [0.25, 0.3) is 0 Å². The van der Waals surface area contributed by atoms with Gasteiger partial charge in [-0.25, -0.2) is 0 Å². The van der Waals surface area contributed by atoms with Gasteiger partial charge in [-0.3, -0.25) is 9.59 Å². The molecule has 1 aromatic carbocycles. The molecule has 6 nitrogen and oxygen atoms in total. The molecule has 1 saturated heterocycles. The SMILES string of the molecule is Cc1cc(OC2CCN(C(=O)c3cccc(C#N)c3)CC2)cc(=O)n1C. The predicted octanol–water partition coefficient (Wildman–Crippen LogP) is 2.25. The van der Waals surface area contributed by atoms with Crippen molar-refractivity contribution in [2.75, 3.05) is 13.1 Å². The molecule has 1 amide bonds. The molecule has 3 rings (SSSR count). The third-order valence-corrected chi connectivity index (χ3v) is 4.75. The third kappa shape index (κ3) is 3.77. The minimum Gasteiger partial charge on any atom is -0.490 e. The molecule has 0 spiro atoms. The van der Waals surface area contributed by atoms with Crippen molar-refractivity contribution in [3.8, 4) is 11.8 Å². The number of aromatic nitrogens is 1. The Bertz CT molecular complexity index is 919. The Hall–Kier alpha value is -3.07. The van der Waals surface area contributed by atoms with Crippen molar-refractivity contribution in [2.45, 2.75) is 25.9 Å². The predicted molar refractivity (Wildman–Crippen MR) is 97.1 cm³/mol. The first-order chi connectivity index (χ1) is 12.5. The van der Waals surface area contributed by atoms with Crippen LogP contribution in [0.4, 0.5) is 0 Å².